The normalized spacial score (nSPS) is 23.8. The van der Waals surface area contributed by atoms with E-state index in [9.17, 15) is 0 Å². The summed E-state index contributed by atoms with van der Waals surface area (Å²) in [5.74, 6) is 0. The molecule has 1 unspecified atom stereocenters. The van der Waals surface area contributed by atoms with Gasteiger partial charge in [0.25, 0.3) is 0 Å². The molecule has 2 rings (SSSR count). The van der Waals surface area contributed by atoms with Gasteiger partial charge in [0.2, 0.25) is 0 Å². The van der Waals surface area contributed by atoms with Gasteiger partial charge in [-0.05, 0) is 13.0 Å². The first-order valence-electron chi connectivity index (χ1n) is 3.70. The predicted octanol–water partition coefficient (Wildman–Crippen LogP) is 0.312. The van der Waals surface area contributed by atoms with E-state index in [0.717, 1.165) is 18.1 Å². The van der Waals surface area contributed by atoms with Crippen LogP contribution in [0.2, 0.25) is 0 Å². The molecule has 0 amide bonds. The SMILES string of the molecule is c1nnsc1NC1CCNC1. The van der Waals surface area contributed by atoms with Gasteiger partial charge < -0.3 is 10.6 Å². The van der Waals surface area contributed by atoms with E-state index in [1.165, 1.54) is 18.0 Å². The lowest BCUT2D eigenvalue weighted by Crippen LogP contribution is -2.21. The Bertz CT molecular complexity index is 204. The smallest absolute Gasteiger partial charge is 0.130 e. The second-order valence-corrected chi connectivity index (χ2v) is 3.40. The first-order valence-corrected chi connectivity index (χ1v) is 4.47. The number of aromatic nitrogens is 2. The lowest BCUT2D eigenvalue weighted by atomic mass is 10.3. The zero-order chi connectivity index (χ0) is 7.52. The Kier molecular flexibility index (Phi) is 2.00. The molecule has 1 aromatic rings. The maximum Gasteiger partial charge on any atom is 0.130 e. The monoisotopic (exact) mass is 170 g/mol. The molecule has 2 N–H and O–H groups in total. The Balaban J connectivity index is 1.90. The van der Waals surface area contributed by atoms with Gasteiger partial charge in [-0.15, -0.1) is 5.10 Å². The van der Waals surface area contributed by atoms with Crippen molar-refractivity contribution in [3.63, 3.8) is 0 Å². The third-order valence-corrected chi connectivity index (χ3v) is 2.36. The Morgan fingerprint density at radius 1 is 1.73 bits per heavy atom. The molecule has 11 heavy (non-hydrogen) atoms. The molecule has 0 aromatic carbocycles. The van der Waals surface area contributed by atoms with Crippen molar-refractivity contribution < 1.29 is 0 Å². The number of hydrogen-bond acceptors (Lipinski definition) is 5. The predicted molar refractivity (Wildman–Crippen MR) is 44.8 cm³/mol. The fraction of sp³-hybridized carbons (Fsp3) is 0.667. The van der Waals surface area contributed by atoms with Crippen molar-refractivity contribution in [2.24, 2.45) is 0 Å². The maximum absolute atomic E-state index is 3.77. The lowest BCUT2D eigenvalue weighted by molar-refractivity contribution is 0.796. The van der Waals surface area contributed by atoms with Crippen LogP contribution in [0.5, 0.6) is 0 Å². The molecule has 0 spiro atoms. The van der Waals surface area contributed by atoms with Crippen molar-refractivity contribution in [1.29, 1.82) is 0 Å². The Morgan fingerprint density at radius 2 is 2.73 bits per heavy atom. The molecule has 1 aliphatic heterocycles. The minimum atomic E-state index is 0.567. The highest BCUT2D eigenvalue weighted by Crippen LogP contribution is 2.13. The van der Waals surface area contributed by atoms with Crippen molar-refractivity contribution in [3.8, 4) is 0 Å². The van der Waals surface area contributed by atoms with Gasteiger partial charge in [-0.3, -0.25) is 0 Å². The highest BCUT2D eigenvalue weighted by Gasteiger charge is 2.13. The van der Waals surface area contributed by atoms with E-state index in [1.807, 2.05) is 0 Å². The van der Waals surface area contributed by atoms with Crippen LogP contribution in [0, 0.1) is 0 Å². The van der Waals surface area contributed by atoms with Crippen molar-refractivity contribution in [1.82, 2.24) is 14.9 Å². The Morgan fingerprint density at radius 3 is 3.36 bits per heavy atom. The first kappa shape index (κ1) is 7.00. The molecule has 0 aliphatic carbocycles. The Labute approximate surface area is 69.2 Å². The van der Waals surface area contributed by atoms with Gasteiger partial charge in [0.15, 0.2) is 0 Å². The molecule has 60 valence electrons. The van der Waals surface area contributed by atoms with E-state index >= 15 is 0 Å². The molecule has 0 bridgehead atoms. The van der Waals surface area contributed by atoms with Gasteiger partial charge in [0.1, 0.15) is 5.00 Å². The van der Waals surface area contributed by atoms with Crippen LogP contribution in [0.3, 0.4) is 0 Å². The fourth-order valence-corrected chi connectivity index (χ4v) is 1.71. The van der Waals surface area contributed by atoms with Gasteiger partial charge in [-0.1, -0.05) is 4.49 Å². The number of nitrogens with one attached hydrogen (secondary N) is 2. The van der Waals surface area contributed by atoms with Crippen molar-refractivity contribution in [2.45, 2.75) is 12.5 Å². The molecule has 1 aliphatic rings. The average Bonchev–Trinajstić information content (AvgIpc) is 2.60. The van der Waals surface area contributed by atoms with E-state index in [-0.39, 0.29) is 0 Å². The molecule has 0 radical (unpaired) electrons. The summed E-state index contributed by atoms with van der Waals surface area (Å²) < 4.78 is 3.77. The lowest BCUT2D eigenvalue weighted by Gasteiger charge is -2.08. The maximum atomic E-state index is 3.77. The number of hydrogen-bond donors (Lipinski definition) is 2. The van der Waals surface area contributed by atoms with Crippen molar-refractivity contribution >= 4 is 16.5 Å². The van der Waals surface area contributed by atoms with Crippen LogP contribution in [0.4, 0.5) is 5.00 Å². The summed E-state index contributed by atoms with van der Waals surface area (Å²) in [7, 11) is 0. The fourth-order valence-electron chi connectivity index (χ4n) is 1.21. The largest absolute Gasteiger partial charge is 0.370 e. The third kappa shape index (κ3) is 1.66. The van der Waals surface area contributed by atoms with E-state index < -0.39 is 0 Å². The minimum Gasteiger partial charge on any atom is -0.370 e. The van der Waals surface area contributed by atoms with E-state index in [1.54, 1.807) is 6.20 Å². The zero-order valence-corrected chi connectivity index (χ0v) is 6.90. The number of nitrogens with zero attached hydrogens (tertiary/aromatic N) is 2. The van der Waals surface area contributed by atoms with Crippen LogP contribution in [0.1, 0.15) is 6.42 Å². The molecule has 5 heteroatoms. The molecule has 1 atom stereocenters. The summed E-state index contributed by atoms with van der Waals surface area (Å²) in [6.45, 7) is 2.17. The van der Waals surface area contributed by atoms with Crippen LogP contribution in [-0.4, -0.2) is 28.7 Å². The van der Waals surface area contributed by atoms with E-state index in [4.69, 9.17) is 0 Å². The van der Waals surface area contributed by atoms with Gasteiger partial charge in [0.05, 0.1) is 6.20 Å². The Hall–Kier alpha value is -0.680. The molecule has 1 saturated heterocycles. The topological polar surface area (TPSA) is 49.8 Å². The molecule has 2 heterocycles. The van der Waals surface area contributed by atoms with Crippen LogP contribution >= 0.6 is 11.5 Å². The minimum absolute atomic E-state index is 0.567. The zero-order valence-electron chi connectivity index (χ0n) is 6.08. The standard InChI is InChI=1S/C6H10N4S/c1-2-7-3-5(1)9-6-4-8-10-11-6/h4-5,7,9H,1-3H2. The first-order chi connectivity index (χ1) is 5.45. The summed E-state index contributed by atoms with van der Waals surface area (Å²) in [5.41, 5.74) is 0. The number of rotatable bonds is 2. The summed E-state index contributed by atoms with van der Waals surface area (Å²) in [6, 6.07) is 0.567. The molecular weight excluding hydrogens is 160 g/mol. The second kappa shape index (κ2) is 3.15. The van der Waals surface area contributed by atoms with Crippen LogP contribution in [-0.2, 0) is 0 Å². The van der Waals surface area contributed by atoms with Gasteiger partial charge in [0, 0.05) is 24.1 Å². The molecule has 4 nitrogen and oxygen atoms in total. The van der Waals surface area contributed by atoms with Gasteiger partial charge in [-0.25, -0.2) is 0 Å². The van der Waals surface area contributed by atoms with E-state index in [0.29, 0.717) is 6.04 Å². The highest BCUT2D eigenvalue weighted by molar-refractivity contribution is 7.09. The molecule has 1 aromatic heterocycles. The van der Waals surface area contributed by atoms with Gasteiger partial charge in [-0.2, -0.15) is 0 Å². The summed E-state index contributed by atoms with van der Waals surface area (Å²) in [4.78, 5) is 0. The molecule has 1 fully saturated rings. The van der Waals surface area contributed by atoms with Crippen molar-refractivity contribution in [2.75, 3.05) is 18.4 Å². The molecular formula is C6H10N4S. The summed E-state index contributed by atoms with van der Waals surface area (Å²) in [6.07, 6.45) is 2.96. The quantitative estimate of drug-likeness (QED) is 0.671. The average molecular weight is 170 g/mol. The van der Waals surface area contributed by atoms with E-state index in [2.05, 4.69) is 20.2 Å². The third-order valence-electron chi connectivity index (χ3n) is 1.77. The second-order valence-electron chi connectivity index (χ2n) is 2.62. The molecule has 0 saturated carbocycles. The number of anilines is 1. The van der Waals surface area contributed by atoms with Crippen LogP contribution < -0.4 is 10.6 Å². The summed E-state index contributed by atoms with van der Waals surface area (Å²) >= 11 is 1.41. The summed E-state index contributed by atoms with van der Waals surface area (Å²) in [5, 5.41) is 11.5. The van der Waals surface area contributed by atoms with Crippen LogP contribution in [0.25, 0.3) is 0 Å². The van der Waals surface area contributed by atoms with Crippen molar-refractivity contribution in [3.05, 3.63) is 6.20 Å². The highest BCUT2D eigenvalue weighted by atomic mass is 32.1. The van der Waals surface area contributed by atoms with Gasteiger partial charge >= 0.3 is 0 Å². The van der Waals surface area contributed by atoms with Crippen LogP contribution in [0.15, 0.2) is 6.20 Å².